The van der Waals surface area contributed by atoms with Crippen LogP contribution in [-0.2, 0) is 6.61 Å². The van der Waals surface area contributed by atoms with Crippen LogP contribution in [0.15, 0.2) is 84.0 Å². The predicted molar refractivity (Wildman–Crippen MR) is 129 cm³/mol. The summed E-state index contributed by atoms with van der Waals surface area (Å²) in [6, 6.07) is 22.8. The molecule has 0 aliphatic heterocycles. The van der Waals surface area contributed by atoms with E-state index in [9.17, 15) is 9.18 Å². The average molecular weight is 458 g/mol. The lowest BCUT2D eigenvalue weighted by Gasteiger charge is -2.12. The number of carbonyl (C=O) groups excluding carboxylic acids is 1. The van der Waals surface area contributed by atoms with Crippen LogP contribution < -0.4 is 19.6 Å². The molecule has 0 atom stereocenters. The van der Waals surface area contributed by atoms with E-state index in [0.717, 1.165) is 10.8 Å². The van der Waals surface area contributed by atoms with Crippen LogP contribution in [0.4, 0.5) is 4.39 Å². The van der Waals surface area contributed by atoms with Crippen molar-refractivity contribution in [1.29, 1.82) is 0 Å². The van der Waals surface area contributed by atoms with Crippen LogP contribution in [0, 0.1) is 5.82 Å². The molecule has 0 radical (unpaired) electrons. The van der Waals surface area contributed by atoms with Gasteiger partial charge in [0.15, 0.2) is 0 Å². The highest BCUT2D eigenvalue weighted by Gasteiger charge is 2.11. The van der Waals surface area contributed by atoms with Crippen LogP contribution in [0.1, 0.15) is 21.5 Å². The molecule has 4 aromatic rings. The third kappa shape index (κ3) is 5.15. The van der Waals surface area contributed by atoms with Crippen molar-refractivity contribution in [2.75, 3.05) is 14.2 Å². The molecule has 4 aromatic carbocycles. The summed E-state index contributed by atoms with van der Waals surface area (Å²) in [4.78, 5) is 12.7. The van der Waals surface area contributed by atoms with Gasteiger partial charge in [-0.25, -0.2) is 9.82 Å². The Morgan fingerprint density at radius 1 is 0.941 bits per heavy atom. The molecule has 0 heterocycles. The molecule has 0 saturated heterocycles. The summed E-state index contributed by atoms with van der Waals surface area (Å²) in [6.45, 7) is 0.0574. The van der Waals surface area contributed by atoms with Gasteiger partial charge in [0.25, 0.3) is 5.91 Å². The molecule has 7 heteroatoms. The topological polar surface area (TPSA) is 69.2 Å². The smallest absolute Gasteiger partial charge is 0.271 e. The molecular weight excluding hydrogens is 435 g/mol. The molecule has 0 aromatic heterocycles. The minimum atomic E-state index is -0.428. The first-order chi connectivity index (χ1) is 16.6. The van der Waals surface area contributed by atoms with Gasteiger partial charge in [-0.1, -0.05) is 48.5 Å². The third-order valence-electron chi connectivity index (χ3n) is 5.25. The van der Waals surface area contributed by atoms with Crippen molar-refractivity contribution >= 4 is 22.9 Å². The summed E-state index contributed by atoms with van der Waals surface area (Å²) in [5.74, 6) is 0.739. The molecule has 6 nitrogen and oxygen atoms in total. The van der Waals surface area contributed by atoms with Gasteiger partial charge in [0.05, 0.1) is 20.4 Å². The second-order valence-electron chi connectivity index (χ2n) is 7.38. The fourth-order valence-corrected chi connectivity index (χ4v) is 3.46. The number of nitrogens with zero attached hydrogens (tertiary/aromatic N) is 1. The average Bonchev–Trinajstić information content (AvgIpc) is 2.88. The van der Waals surface area contributed by atoms with E-state index >= 15 is 0 Å². The lowest BCUT2D eigenvalue weighted by Crippen LogP contribution is -2.18. The van der Waals surface area contributed by atoms with Crippen LogP contribution in [-0.4, -0.2) is 26.3 Å². The van der Waals surface area contributed by atoms with Gasteiger partial charge < -0.3 is 14.2 Å². The Labute approximate surface area is 196 Å². The molecule has 0 saturated carbocycles. The van der Waals surface area contributed by atoms with Gasteiger partial charge in [-0.05, 0) is 35.0 Å². The van der Waals surface area contributed by atoms with Crippen molar-refractivity contribution in [2.24, 2.45) is 5.10 Å². The summed E-state index contributed by atoms with van der Waals surface area (Å²) in [7, 11) is 3.02. The van der Waals surface area contributed by atoms with Crippen LogP contribution in [0.3, 0.4) is 0 Å². The summed E-state index contributed by atoms with van der Waals surface area (Å²) in [5.41, 5.74) is 3.97. The number of hydrazone groups is 1. The monoisotopic (exact) mass is 458 g/mol. The molecule has 0 aliphatic carbocycles. The maximum absolute atomic E-state index is 14.0. The van der Waals surface area contributed by atoms with Gasteiger partial charge in [0, 0.05) is 22.8 Å². The lowest BCUT2D eigenvalue weighted by atomic mass is 10.0. The highest BCUT2D eigenvalue weighted by Crippen LogP contribution is 2.28. The molecule has 0 fully saturated rings. The summed E-state index contributed by atoms with van der Waals surface area (Å²) >= 11 is 0. The van der Waals surface area contributed by atoms with Crippen LogP contribution in [0.5, 0.6) is 17.2 Å². The normalized spacial score (nSPS) is 10.9. The summed E-state index contributed by atoms with van der Waals surface area (Å²) < 4.78 is 30.4. The number of rotatable bonds is 8. The van der Waals surface area contributed by atoms with Gasteiger partial charge in [-0.2, -0.15) is 5.10 Å². The Hall–Kier alpha value is -4.39. The van der Waals surface area contributed by atoms with Crippen molar-refractivity contribution in [1.82, 2.24) is 5.43 Å². The largest absolute Gasteiger partial charge is 0.497 e. The Morgan fingerprint density at radius 2 is 1.65 bits per heavy atom. The van der Waals surface area contributed by atoms with Gasteiger partial charge in [-0.3, -0.25) is 4.79 Å². The first-order valence-corrected chi connectivity index (χ1v) is 10.5. The van der Waals surface area contributed by atoms with E-state index < -0.39 is 5.91 Å². The highest BCUT2D eigenvalue weighted by molar-refractivity contribution is 6.03. The number of hydrogen-bond donors (Lipinski definition) is 1. The number of nitrogens with one attached hydrogen (secondary N) is 1. The molecule has 0 unspecified atom stereocenters. The molecule has 4 rings (SSSR count). The SMILES string of the molecule is COc1cc(OC)cc(C(=O)NN=Cc2c(OCc3ccccc3F)ccc3ccccc23)c1. The van der Waals surface area contributed by atoms with E-state index in [2.05, 4.69) is 10.5 Å². The van der Waals surface area contributed by atoms with E-state index in [1.165, 1.54) is 26.5 Å². The highest BCUT2D eigenvalue weighted by atomic mass is 19.1. The Balaban J connectivity index is 1.59. The van der Waals surface area contributed by atoms with E-state index in [4.69, 9.17) is 14.2 Å². The van der Waals surface area contributed by atoms with E-state index in [-0.39, 0.29) is 12.4 Å². The zero-order valence-corrected chi connectivity index (χ0v) is 18.7. The van der Waals surface area contributed by atoms with E-state index in [0.29, 0.717) is 33.9 Å². The number of fused-ring (bicyclic) bond motifs is 1. The van der Waals surface area contributed by atoms with E-state index in [1.807, 2.05) is 30.3 Å². The molecule has 34 heavy (non-hydrogen) atoms. The number of amides is 1. The summed E-state index contributed by atoms with van der Waals surface area (Å²) in [6.07, 6.45) is 1.52. The molecule has 1 N–H and O–H groups in total. The molecular formula is C27H23FN2O4. The minimum absolute atomic E-state index is 0.0574. The van der Waals surface area contributed by atoms with Gasteiger partial charge in [0.1, 0.15) is 29.7 Å². The molecule has 0 bridgehead atoms. The van der Waals surface area contributed by atoms with Crippen molar-refractivity contribution in [3.63, 3.8) is 0 Å². The van der Waals surface area contributed by atoms with Crippen molar-refractivity contribution in [2.45, 2.75) is 6.61 Å². The Morgan fingerprint density at radius 3 is 2.38 bits per heavy atom. The third-order valence-corrected chi connectivity index (χ3v) is 5.25. The number of benzene rings is 4. The second kappa shape index (κ2) is 10.5. The molecule has 1 amide bonds. The number of halogens is 1. The quantitative estimate of drug-likeness (QED) is 0.286. The van der Waals surface area contributed by atoms with Crippen molar-refractivity contribution < 1.29 is 23.4 Å². The zero-order valence-electron chi connectivity index (χ0n) is 18.7. The number of hydrogen-bond acceptors (Lipinski definition) is 5. The maximum atomic E-state index is 14.0. The number of methoxy groups -OCH3 is 2. The number of carbonyl (C=O) groups is 1. The van der Waals surface area contributed by atoms with Crippen molar-refractivity contribution in [3.05, 3.63) is 101 Å². The van der Waals surface area contributed by atoms with Crippen LogP contribution in [0.2, 0.25) is 0 Å². The maximum Gasteiger partial charge on any atom is 0.271 e. The van der Waals surface area contributed by atoms with Gasteiger partial charge in [0.2, 0.25) is 0 Å². The van der Waals surface area contributed by atoms with Crippen molar-refractivity contribution in [3.8, 4) is 17.2 Å². The van der Waals surface area contributed by atoms with Crippen LogP contribution in [0.25, 0.3) is 10.8 Å². The fraction of sp³-hybridized carbons (Fsp3) is 0.111. The van der Waals surface area contributed by atoms with Crippen LogP contribution >= 0.6 is 0 Å². The zero-order chi connectivity index (χ0) is 23.9. The predicted octanol–water partition coefficient (Wildman–Crippen LogP) is 5.34. The standard InChI is InChI=1S/C27H23FN2O4/c1-32-21-13-20(14-22(15-21)33-2)27(31)30-29-16-24-23-9-5-3-7-18(23)11-12-26(24)34-17-19-8-4-6-10-25(19)28/h3-16H,17H2,1-2H3,(H,30,31). The first-order valence-electron chi connectivity index (χ1n) is 10.5. The molecule has 172 valence electrons. The van der Waals surface area contributed by atoms with E-state index in [1.54, 1.807) is 42.5 Å². The van der Waals surface area contributed by atoms with Gasteiger partial charge in [-0.15, -0.1) is 0 Å². The first kappa shape index (κ1) is 22.8. The Bertz CT molecular complexity index is 1330. The fourth-order valence-electron chi connectivity index (χ4n) is 3.46. The second-order valence-corrected chi connectivity index (χ2v) is 7.38. The lowest BCUT2D eigenvalue weighted by molar-refractivity contribution is 0.0954. The van der Waals surface area contributed by atoms with Gasteiger partial charge >= 0.3 is 0 Å². The minimum Gasteiger partial charge on any atom is -0.497 e. The number of ether oxygens (including phenoxy) is 3. The molecule has 0 spiro atoms. The summed E-state index contributed by atoms with van der Waals surface area (Å²) in [5, 5.41) is 6.01. The Kier molecular flexibility index (Phi) is 7.03. The molecule has 0 aliphatic rings.